The van der Waals surface area contributed by atoms with Crippen LogP contribution in [-0.2, 0) is 28.5 Å². The number of unbranched alkanes of at least 4 members (excludes halogenated alkanes) is 9. The fourth-order valence-electron chi connectivity index (χ4n) is 3.95. The minimum Gasteiger partial charge on any atom is -0.462 e. The molecule has 1 fully saturated rings. The number of rotatable bonds is 20. The van der Waals surface area contributed by atoms with Crippen molar-refractivity contribution in [3.63, 3.8) is 0 Å². The number of hydrogen-bond donors (Lipinski definition) is 4. The van der Waals surface area contributed by atoms with Gasteiger partial charge in [0.25, 0.3) is 0 Å². The van der Waals surface area contributed by atoms with Crippen molar-refractivity contribution >= 4 is 11.9 Å². The number of aliphatic hydroxyl groups is 4. The highest BCUT2D eigenvalue weighted by Crippen LogP contribution is 2.22. The number of hydrogen-bond acceptors (Lipinski definition) is 10. The van der Waals surface area contributed by atoms with Crippen LogP contribution in [0.15, 0.2) is 0 Å². The van der Waals surface area contributed by atoms with Crippen molar-refractivity contribution in [2.75, 3.05) is 19.8 Å². The van der Waals surface area contributed by atoms with Gasteiger partial charge in [0.1, 0.15) is 31.0 Å². The summed E-state index contributed by atoms with van der Waals surface area (Å²) >= 11 is 0. The molecule has 0 spiro atoms. The van der Waals surface area contributed by atoms with E-state index in [-0.39, 0.29) is 32.0 Å². The van der Waals surface area contributed by atoms with Gasteiger partial charge in [-0.1, -0.05) is 71.6 Å². The molecule has 0 aromatic carbocycles. The molecule has 36 heavy (non-hydrogen) atoms. The summed E-state index contributed by atoms with van der Waals surface area (Å²) in [5.41, 5.74) is 0. The molecule has 212 valence electrons. The van der Waals surface area contributed by atoms with E-state index < -0.39 is 49.4 Å². The van der Waals surface area contributed by atoms with E-state index in [9.17, 15) is 30.0 Å². The lowest BCUT2D eigenvalue weighted by atomic mass is 9.99. The van der Waals surface area contributed by atoms with Gasteiger partial charge in [-0.15, -0.1) is 0 Å². The predicted octanol–water partition coefficient (Wildman–Crippen LogP) is 2.37. The maximum atomic E-state index is 12.3. The summed E-state index contributed by atoms with van der Waals surface area (Å²) in [4.78, 5) is 24.5. The Morgan fingerprint density at radius 3 is 1.92 bits per heavy atom. The first-order valence-corrected chi connectivity index (χ1v) is 13.6. The van der Waals surface area contributed by atoms with Gasteiger partial charge in [-0.3, -0.25) is 9.59 Å². The number of carbonyl (C=O) groups excluding carboxylic acids is 2. The van der Waals surface area contributed by atoms with Crippen molar-refractivity contribution < 1.29 is 49.0 Å². The molecular formula is C26H48O10. The van der Waals surface area contributed by atoms with Gasteiger partial charge in [-0.05, 0) is 12.8 Å². The van der Waals surface area contributed by atoms with Crippen LogP contribution in [0.4, 0.5) is 0 Å². The first kappa shape index (κ1) is 32.7. The fourth-order valence-corrected chi connectivity index (χ4v) is 3.95. The summed E-state index contributed by atoms with van der Waals surface area (Å²) < 4.78 is 21.6. The Morgan fingerprint density at radius 2 is 1.31 bits per heavy atom. The van der Waals surface area contributed by atoms with Crippen LogP contribution in [0, 0.1) is 0 Å². The third-order valence-electron chi connectivity index (χ3n) is 6.24. The lowest BCUT2D eigenvalue weighted by molar-refractivity contribution is -0.305. The molecule has 0 bridgehead atoms. The molecule has 1 heterocycles. The predicted molar refractivity (Wildman–Crippen MR) is 132 cm³/mol. The highest BCUT2D eigenvalue weighted by atomic mass is 16.7. The summed E-state index contributed by atoms with van der Waals surface area (Å²) in [6, 6.07) is 0. The molecule has 0 amide bonds. The second kappa shape index (κ2) is 19.8. The first-order chi connectivity index (χ1) is 17.3. The minimum absolute atomic E-state index is 0.215. The molecule has 10 heteroatoms. The summed E-state index contributed by atoms with van der Waals surface area (Å²) in [6.07, 6.45) is 3.63. The highest BCUT2D eigenvalue weighted by molar-refractivity contribution is 5.70. The molecule has 0 radical (unpaired) electrons. The second-order valence-corrected chi connectivity index (χ2v) is 9.51. The smallest absolute Gasteiger partial charge is 0.306 e. The Hall–Kier alpha value is -1.30. The van der Waals surface area contributed by atoms with Crippen LogP contribution in [0.3, 0.4) is 0 Å². The SMILES string of the molecule is CCCCCCCCCC(=O)OC[C@H](CO[C@@H]1O[C@H](CO)[C@H](O)[C@H](O)[C@H]1O)OC(=O)CCCCCC. The van der Waals surface area contributed by atoms with E-state index in [1.54, 1.807) is 0 Å². The monoisotopic (exact) mass is 520 g/mol. The van der Waals surface area contributed by atoms with Crippen molar-refractivity contribution in [2.24, 2.45) is 0 Å². The van der Waals surface area contributed by atoms with E-state index in [4.69, 9.17) is 18.9 Å². The summed E-state index contributed by atoms with van der Waals surface area (Å²) in [7, 11) is 0. The minimum atomic E-state index is -1.58. The maximum absolute atomic E-state index is 12.3. The van der Waals surface area contributed by atoms with Crippen LogP contribution >= 0.6 is 0 Å². The molecule has 0 aromatic heterocycles. The zero-order valence-corrected chi connectivity index (χ0v) is 22.0. The molecule has 1 rings (SSSR count). The van der Waals surface area contributed by atoms with Gasteiger partial charge in [0.05, 0.1) is 13.2 Å². The zero-order valence-electron chi connectivity index (χ0n) is 22.0. The molecule has 6 atom stereocenters. The molecule has 0 saturated carbocycles. The molecule has 1 aliphatic rings. The number of ether oxygens (including phenoxy) is 4. The highest BCUT2D eigenvalue weighted by Gasteiger charge is 2.44. The topological polar surface area (TPSA) is 152 Å². The molecule has 0 aromatic rings. The molecule has 10 nitrogen and oxygen atoms in total. The van der Waals surface area contributed by atoms with Crippen LogP contribution in [0.25, 0.3) is 0 Å². The Bertz CT molecular complexity index is 585. The van der Waals surface area contributed by atoms with Crippen molar-refractivity contribution in [3.8, 4) is 0 Å². The van der Waals surface area contributed by atoms with Crippen LogP contribution in [-0.4, -0.2) is 89.0 Å². The van der Waals surface area contributed by atoms with Gasteiger partial charge in [-0.25, -0.2) is 0 Å². The van der Waals surface area contributed by atoms with Crippen LogP contribution in [0.2, 0.25) is 0 Å². The number of aliphatic hydroxyl groups excluding tert-OH is 4. The van der Waals surface area contributed by atoms with E-state index in [1.165, 1.54) is 19.3 Å². The molecule has 0 aliphatic carbocycles. The van der Waals surface area contributed by atoms with Crippen LogP contribution in [0.5, 0.6) is 0 Å². The second-order valence-electron chi connectivity index (χ2n) is 9.51. The van der Waals surface area contributed by atoms with Crippen molar-refractivity contribution in [3.05, 3.63) is 0 Å². The molecule has 0 unspecified atom stereocenters. The zero-order chi connectivity index (χ0) is 26.8. The van der Waals surface area contributed by atoms with E-state index in [1.807, 2.05) is 0 Å². The average molecular weight is 521 g/mol. The van der Waals surface area contributed by atoms with Crippen molar-refractivity contribution in [1.82, 2.24) is 0 Å². The van der Waals surface area contributed by atoms with E-state index in [0.29, 0.717) is 6.42 Å². The van der Waals surface area contributed by atoms with Gasteiger partial charge < -0.3 is 39.4 Å². The Morgan fingerprint density at radius 1 is 0.750 bits per heavy atom. The Balaban J connectivity index is 2.53. The lowest BCUT2D eigenvalue weighted by Crippen LogP contribution is -2.59. The van der Waals surface area contributed by atoms with Crippen LogP contribution < -0.4 is 0 Å². The van der Waals surface area contributed by atoms with Gasteiger partial charge >= 0.3 is 11.9 Å². The third-order valence-corrected chi connectivity index (χ3v) is 6.24. The average Bonchev–Trinajstić information content (AvgIpc) is 2.87. The largest absolute Gasteiger partial charge is 0.462 e. The van der Waals surface area contributed by atoms with Gasteiger partial charge in [0.15, 0.2) is 12.4 Å². The van der Waals surface area contributed by atoms with E-state index in [0.717, 1.165) is 44.9 Å². The summed E-state index contributed by atoms with van der Waals surface area (Å²) in [6.45, 7) is 3.17. The van der Waals surface area contributed by atoms with E-state index >= 15 is 0 Å². The fraction of sp³-hybridized carbons (Fsp3) is 0.923. The van der Waals surface area contributed by atoms with Gasteiger partial charge in [-0.2, -0.15) is 0 Å². The Labute approximate surface area is 215 Å². The first-order valence-electron chi connectivity index (χ1n) is 13.6. The van der Waals surface area contributed by atoms with Gasteiger partial charge in [0.2, 0.25) is 0 Å². The summed E-state index contributed by atoms with van der Waals surface area (Å²) in [5, 5.41) is 39.3. The van der Waals surface area contributed by atoms with Gasteiger partial charge in [0, 0.05) is 12.8 Å². The van der Waals surface area contributed by atoms with E-state index in [2.05, 4.69) is 13.8 Å². The normalized spacial score (nSPS) is 24.9. The number of esters is 2. The Kier molecular flexibility index (Phi) is 18.0. The molecule has 1 saturated heterocycles. The maximum Gasteiger partial charge on any atom is 0.306 e. The molecule has 1 aliphatic heterocycles. The lowest BCUT2D eigenvalue weighted by Gasteiger charge is -2.39. The molecular weight excluding hydrogens is 472 g/mol. The van der Waals surface area contributed by atoms with Crippen LogP contribution in [0.1, 0.15) is 97.3 Å². The third kappa shape index (κ3) is 13.3. The van der Waals surface area contributed by atoms with Crippen molar-refractivity contribution in [2.45, 2.75) is 134 Å². The summed E-state index contributed by atoms with van der Waals surface area (Å²) in [5.74, 6) is -0.836. The van der Waals surface area contributed by atoms with Crippen molar-refractivity contribution in [1.29, 1.82) is 0 Å². The quantitative estimate of drug-likeness (QED) is 0.139. The molecule has 4 N–H and O–H groups in total. The number of carbonyl (C=O) groups is 2. The standard InChI is InChI=1S/C26H48O10/c1-3-5-7-9-10-11-13-14-21(28)33-17-19(35-22(29)15-12-8-6-4-2)18-34-26-25(32)24(31)23(30)20(16-27)36-26/h19-20,23-27,30-32H,3-18H2,1-2H3/t19-,20-,23+,24+,25-,26-/m1/s1.